The van der Waals surface area contributed by atoms with E-state index in [2.05, 4.69) is 30.5 Å². The van der Waals surface area contributed by atoms with Gasteiger partial charge in [-0.05, 0) is 29.8 Å². The van der Waals surface area contributed by atoms with Crippen LogP contribution in [0.25, 0.3) is 11.5 Å². The zero-order valence-corrected chi connectivity index (χ0v) is 11.7. The number of pyridine rings is 2. The largest absolute Gasteiger partial charge is 0.352 e. The highest BCUT2D eigenvalue weighted by Gasteiger charge is 2.10. The van der Waals surface area contributed by atoms with Crippen LogP contribution in [0.5, 0.6) is 0 Å². The van der Waals surface area contributed by atoms with Crippen molar-refractivity contribution < 1.29 is 4.79 Å². The normalized spacial score (nSPS) is 10.4. The molecule has 0 aliphatic rings. The number of hydrogen-bond donors (Lipinski definition) is 2. The molecule has 3 rings (SSSR count). The Labute approximate surface area is 126 Å². The van der Waals surface area contributed by atoms with E-state index < -0.39 is 0 Å². The number of hydrogen-bond acceptors (Lipinski definition) is 5. The molecule has 7 nitrogen and oxygen atoms in total. The van der Waals surface area contributed by atoms with Crippen molar-refractivity contribution >= 4 is 5.91 Å². The average molecular weight is 294 g/mol. The first-order valence-electron chi connectivity index (χ1n) is 6.79. The number of amides is 1. The van der Waals surface area contributed by atoms with Gasteiger partial charge in [0.1, 0.15) is 11.5 Å². The summed E-state index contributed by atoms with van der Waals surface area (Å²) in [6.45, 7) is 0.461. The van der Waals surface area contributed by atoms with Gasteiger partial charge in [0, 0.05) is 25.1 Å². The molecule has 0 aromatic carbocycles. The third-order valence-electron chi connectivity index (χ3n) is 2.99. The summed E-state index contributed by atoms with van der Waals surface area (Å²) in [6.07, 6.45) is 5.20. The molecule has 0 aliphatic carbocycles. The maximum absolute atomic E-state index is 11.9. The maximum Gasteiger partial charge on any atom is 0.227 e. The number of aromatic amines is 1. The molecule has 110 valence electrons. The Morgan fingerprint density at radius 2 is 2.00 bits per heavy atom. The van der Waals surface area contributed by atoms with Crippen LogP contribution in [0.15, 0.2) is 48.9 Å². The number of aromatic nitrogens is 5. The molecule has 0 radical (unpaired) electrons. The summed E-state index contributed by atoms with van der Waals surface area (Å²) in [4.78, 5) is 24.3. The number of H-pyrrole nitrogens is 1. The van der Waals surface area contributed by atoms with Gasteiger partial charge in [0.25, 0.3) is 0 Å². The van der Waals surface area contributed by atoms with Crippen molar-refractivity contribution in [1.82, 2.24) is 30.5 Å². The van der Waals surface area contributed by atoms with Crippen molar-refractivity contribution in [2.24, 2.45) is 0 Å². The lowest BCUT2D eigenvalue weighted by atomic mass is 10.2. The SMILES string of the molecule is O=C(Cc1nc(-c2ccccn2)n[nH]1)NCc1ccncc1. The van der Waals surface area contributed by atoms with E-state index in [1.807, 2.05) is 30.3 Å². The minimum absolute atomic E-state index is 0.125. The van der Waals surface area contributed by atoms with E-state index in [-0.39, 0.29) is 12.3 Å². The number of rotatable bonds is 5. The van der Waals surface area contributed by atoms with E-state index in [4.69, 9.17) is 0 Å². The van der Waals surface area contributed by atoms with Gasteiger partial charge in [-0.1, -0.05) is 6.07 Å². The summed E-state index contributed by atoms with van der Waals surface area (Å²) < 4.78 is 0. The van der Waals surface area contributed by atoms with Crippen LogP contribution in [0.2, 0.25) is 0 Å². The molecule has 0 aliphatic heterocycles. The van der Waals surface area contributed by atoms with E-state index in [1.54, 1.807) is 18.6 Å². The molecule has 3 aromatic rings. The first-order valence-corrected chi connectivity index (χ1v) is 6.79. The van der Waals surface area contributed by atoms with E-state index >= 15 is 0 Å². The molecule has 0 fully saturated rings. The molecule has 0 bridgehead atoms. The van der Waals surface area contributed by atoms with Crippen LogP contribution < -0.4 is 5.32 Å². The van der Waals surface area contributed by atoms with Crippen LogP contribution >= 0.6 is 0 Å². The number of carbonyl (C=O) groups excluding carboxylic acids is 1. The molecular formula is C15H14N6O. The molecule has 0 saturated carbocycles. The van der Waals surface area contributed by atoms with Gasteiger partial charge < -0.3 is 5.32 Å². The number of carbonyl (C=O) groups is 1. The van der Waals surface area contributed by atoms with Crippen molar-refractivity contribution in [1.29, 1.82) is 0 Å². The second-order valence-electron chi connectivity index (χ2n) is 4.63. The first-order chi connectivity index (χ1) is 10.8. The van der Waals surface area contributed by atoms with Crippen molar-refractivity contribution in [3.05, 3.63) is 60.3 Å². The van der Waals surface area contributed by atoms with Crippen molar-refractivity contribution in [2.45, 2.75) is 13.0 Å². The minimum Gasteiger partial charge on any atom is -0.352 e. The fourth-order valence-corrected chi connectivity index (χ4v) is 1.90. The van der Waals surface area contributed by atoms with Gasteiger partial charge >= 0.3 is 0 Å². The van der Waals surface area contributed by atoms with E-state index in [9.17, 15) is 4.79 Å². The van der Waals surface area contributed by atoms with Crippen LogP contribution in [0.4, 0.5) is 0 Å². The molecule has 3 aromatic heterocycles. The Morgan fingerprint density at radius 3 is 2.77 bits per heavy atom. The van der Waals surface area contributed by atoms with Gasteiger partial charge in [-0.2, -0.15) is 5.10 Å². The maximum atomic E-state index is 11.9. The first kappa shape index (κ1) is 13.9. The Balaban J connectivity index is 1.57. The minimum atomic E-state index is -0.125. The fourth-order valence-electron chi connectivity index (χ4n) is 1.90. The van der Waals surface area contributed by atoms with Gasteiger partial charge in [-0.3, -0.25) is 19.9 Å². The lowest BCUT2D eigenvalue weighted by Gasteiger charge is -2.03. The Kier molecular flexibility index (Phi) is 4.15. The molecule has 2 N–H and O–H groups in total. The van der Waals surface area contributed by atoms with Gasteiger partial charge in [-0.15, -0.1) is 0 Å². The quantitative estimate of drug-likeness (QED) is 0.735. The Bertz CT molecular complexity index is 741. The highest BCUT2D eigenvalue weighted by Crippen LogP contribution is 2.10. The highest BCUT2D eigenvalue weighted by atomic mass is 16.1. The van der Waals surface area contributed by atoms with Gasteiger partial charge in [0.15, 0.2) is 5.82 Å². The van der Waals surface area contributed by atoms with E-state index in [0.717, 1.165) is 5.56 Å². The van der Waals surface area contributed by atoms with Crippen molar-refractivity contribution in [3.8, 4) is 11.5 Å². The smallest absolute Gasteiger partial charge is 0.227 e. The predicted octanol–water partition coefficient (Wildman–Crippen LogP) is 1.12. The van der Waals surface area contributed by atoms with E-state index in [0.29, 0.717) is 23.9 Å². The van der Waals surface area contributed by atoms with Crippen LogP contribution in [0, 0.1) is 0 Å². The van der Waals surface area contributed by atoms with Gasteiger partial charge in [-0.25, -0.2) is 4.98 Å². The summed E-state index contributed by atoms with van der Waals surface area (Å²) in [5, 5.41) is 9.66. The second kappa shape index (κ2) is 6.57. The zero-order chi connectivity index (χ0) is 15.2. The molecule has 22 heavy (non-hydrogen) atoms. The molecule has 3 heterocycles. The third kappa shape index (κ3) is 3.51. The molecular weight excluding hydrogens is 280 g/mol. The molecule has 1 amide bonds. The Hall–Kier alpha value is -3.09. The van der Waals surface area contributed by atoms with Crippen LogP contribution in [-0.4, -0.2) is 31.1 Å². The van der Waals surface area contributed by atoms with Crippen molar-refractivity contribution in [2.75, 3.05) is 0 Å². The lowest BCUT2D eigenvalue weighted by Crippen LogP contribution is -2.25. The molecule has 0 spiro atoms. The monoisotopic (exact) mass is 294 g/mol. The average Bonchev–Trinajstić information content (AvgIpc) is 3.03. The molecule has 0 unspecified atom stereocenters. The van der Waals surface area contributed by atoms with Crippen molar-refractivity contribution in [3.63, 3.8) is 0 Å². The second-order valence-corrected chi connectivity index (χ2v) is 4.63. The summed E-state index contributed by atoms with van der Waals surface area (Å²) in [5.41, 5.74) is 1.66. The molecule has 7 heteroatoms. The molecule has 0 saturated heterocycles. The number of nitrogens with one attached hydrogen (secondary N) is 2. The van der Waals surface area contributed by atoms with Gasteiger partial charge in [0.2, 0.25) is 5.91 Å². The predicted molar refractivity (Wildman–Crippen MR) is 79.4 cm³/mol. The number of nitrogens with zero attached hydrogens (tertiary/aromatic N) is 4. The summed E-state index contributed by atoms with van der Waals surface area (Å²) in [7, 11) is 0. The topological polar surface area (TPSA) is 96.5 Å². The standard InChI is InChI=1S/C15H14N6O/c22-14(18-10-11-4-7-16-8-5-11)9-13-19-15(21-20-13)12-3-1-2-6-17-12/h1-8H,9-10H2,(H,18,22)(H,19,20,21). The zero-order valence-electron chi connectivity index (χ0n) is 11.7. The fraction of sp³-hybridized carbons (Fsp3) is 0.133. The summed E-state index contributed by atoms with van der Waals surface area (Å²) in [6, 6.07) is 9.21. The summed E-state index contributed by atoms with van der Waals surface area (Å²) in [5.74, 6) is 0.867. The van der Waals surface area contributed by atoms with Crippen LogP contribution in [0.1, 0.15) is 11.4 Å². The Morgan fingerprint density at radius 1 is 1.14 bits per heavy atom. The third-order valence-corrected chi connectivity index (χ3v) is 2.99. The summed E-state index contributed by atoms with van der Waals surface area (Å²) >= 11 is 0. The van der Waals surface area contributed by atoms with Crippen LogP contribution in [0.3, 0.4) is 0 Å². The van der Waals surface area contributed by atoms with E-state index in [1.165, 1.54) is 0 Å². The highest BCUT2D eigenvalue weighted by molar-refractivity contribution is 5.77. The molecule has 0 atom stereocenters. The van der Waals surface area contributed by atoms with Crippen LogP contribution in [-0.2, 0) is 17.8 Å². The van der Waals surface area contributed by atoms with Gasteiger partial charge in [0.05, 0.1) is 6.42 Å². The lowest BCUT2D eigenvalue weighted by molar-refractivity contribution is -0.120.